The van der Waals surface area contributed by atoms with Crippen LogP contribution in [0.1, 0.15) is 48.0 Å². The van der Waals surface area contributed by atoms with Crippen LogP contribution in [0.15, 0.2) is 42.5 Å². The second-order valence-corrected chi connectivity index (χ2v) is 11.7. The third-order valence-corrected chi connectivity index (χ3v) is 6.13. The number of carbonyl (C=O) groups excluding carboxylic acids is 3. The maximum atomic E-state index is 13.8. The summed E-state index contributed by atoms with van der Waals surface area (Å²) in [6.45, 7) is 10.8. The highest BCUT2D eigenvalue weighted by molar-refractivity contribution is 6.29. The fraction of sp³-hybridized carbons (Fsp3) is 0.500. The van der Waals surface area contributed by atoms with Crippen molar-refractivity contribution >= 4 is 29.6 Å². The number of rotatable bonds is 6. The lowest BCUT2D eigenvalue weighted by atomic mass is 9.85. The SMILES string of the molecule is COC(=O)[C@@H]1C[C@@H](Oc2cc(Cl)nc(-c3ccccc3)c2)CN1C(=O)C(NC(=O)OC(C)(C)C)C(C)(C)C. The Morgan fingerprint density at radius 1 is 1.08 bits per heavy atom. The fourth-order valence-electron chi connectivity index (χ4n) is 4.22. The van der Waals surface area contributed by atoms with Crippen LogP contribution in [0, 0.1) is 5.41 Å². The molecule has 0 radical (unpaired) electrons. The van der Waals surface area contributed by atoms with Crippen LogP contribution in [0.2, 0.25) is 5.15 Å². The summed E-state index contributed by atoms with van der Waals surface area (Å²) in [5, 5.41) is 2.95. The average Bonchev–Trinajstić information content (AvgIpc) is 3.23. The predicted molar refractivity (Wildman–Crippen MR) is 144 cm³/mol. The molecule has 1 fully saturated rings. The van der Waals surface area contributed by atoms with Gasteiger partial charge in [0.2, 0.25) is 5.91 Å². The summed E-state index contributed by atoms with van der Waals surface area (Å²) >= 11 is 6.27. The lowest BCUT2D eigenvalue weighted by Crippen LogP contribution is -2.57. The van der Waals surface area contributed by atoms with Crippen molar-refractivity contribution in [2.24, 2.45) is 5.41 Å². The number of nitrogens with zero attached hydrogens (tertiary/aromatic N) is 2. The lowest BCUT2D eigenvalue weighted by Gasteiger charge is -2.35. The van der Waals surface area contributed by atoms with Crippen LogP contribution in [0.25, 0.3) is 11.3 Å². The molecule has 3 rings (SSSR count). The minimum absolute atomic E-state index is 0.113. The molecular formula is C28H36ClN3O6. The predicted octanol–water partition coefficient (Wildman–Crippen LogP) is 4.86. The molecular weight excluding hydrogens is 510 g/mol. The highest BCUT2D eigenvalue weighted by atomic mass is 35.5. The lowest BCUT2D eigenvalue weighted by molar-refractivity contribution is -0.152. The molecule has 1 saturated heterocycles. The molecule has 2 heterocycles. The fourth-order valence-corrected chi connectivity index (χ4v) is 4.42. The van der Waals surface area contributed by atoms with Crippen LogP contribution in [0.3, 0.4) is 0 Å². The molecule has 1 N–H and O–H groups in total. The summed E-state index contributed by atoms with van der Waals surface area (Å²) < 4.78 is 16.6. The van der Waals surface area contributed by atoms with Gasteiger partial charge in [-0.1, -0.05) is 62.7 Å². The summed E-state index contributed by atoms with van der Waals surface area (Å²) in [6, 6.07) is 11.1. The molecule has 2 aromatic rings. The third kappa shape index (κ3) is 7.60. The number of hydrogen-bond acceptors (Lipinski definition) is 7. The zero-order chi connectivity index (χ0) is 28.3. The van der Waals surface area contributed by atoms with Crippen LogP contribution in [-0.2, 0) is 19.1 Å². The molecule has 0 spiro atoms. The number of esters is 1. The van der Waals surface area contributed by atoms with E-state index in [1.54, 1.807) is 32.9 Å². The number of aromatic nitrogens is 1. The summed E-state index contributed by atoms with van der Waals surface area (Å²) in [5.74, 6) is -0.527. The van der Waals surface area contributed by atoms with Crippen molar-refractivity contribution in [3.8, 4) is 17.0 Å². The number of hydrogen-bond donors (Lipinski definition) is 1. The number of halogens is 1. The van der Waals surface area contributed by atoms with Gasteiger partial charge in [0.1, 0.15) is 34.7 Å². The van der Waals surface area contributed by atoms with Crippen LogP contribution in [0.4, 0.5) is 4.79 Å². The maximum Gasteiger partial charge on any atom is 0.408 e. The Hall–Kier alpha value is -3.33. The van der Waals surface area contributed by atoms with Crippen molar-refractivity contribution in [3.63, 3.8) is 0 Å². The van der Waals surface area contributed by atoms with Gasteiger partial charge < -0.3 is 24.4 Å². The Kier molecular flexibility index (Phi) is 8.92. The first-order valence-electron chi connectivity index (χ1n) is 12.5. The van der Waals surface area contributed by atoms with Gasteiger partial charge in [0, 0.05) is 24.1 Å². The highest BCUT2D eigenvalue weighted by Crippen LogP contribution is 2.31. The number of carbonyl (C=O) groups is 3. The first-order chi connectivity index (χ1) is 17.7. The number of nitrogens with one attached hydrogen (secondary N) is 1. The standard InChI is InChI=1S/C28H36ClN3O6/c1-27(2,3)23(31-26(35)38-28(4,5)6)24(33)32-16-19(14-21(32)25(34)36-7)37-18-13-20(30-22(29)15-18)17-11-9-8-10-12-17/h8-13,15,19,21,23H,14,16H2,1-7H3,(H,31,35)/t19-,21+,23?/m1/s1. The Balaban J connectivity index is 1.84. The Labute approximate surface area is 228 Å². The minimum Gasteiger partial charge on any atom is -0.488 e. The number of likely N-dealkylation sites (tertiary alicyclic amines) is 1. The molecule has 1 aromatic carbocycles. The molecule has 1 aromatic heterocycles. The van der Waals surface area contributed by atoms with E-state index in [9.17, 15) is 14.4 Å². The third-order valence-electron chi connectivity index (χ3n) is 5.93. The number of amides is 2. The second kappa shape index (κ2) is 11.6. The number of benzene rings is 1. The smallest absolute Gasteiger partial charge is 0.408 e. The largest absolute Gasteiger partial charge is 0.488 e. The van der Waals surface area contributed by atoms with E-state index >= 15 is 0 Å². The van der Waals surface area contributed by atoms with E-state index in [4.69, 9.17) is 25.8 Å². The number of ether oxygens (including phenoxy) is 3. The summed E-state index contributed by atoms with van der Waals surface area (Å²) in [5.41, 5.74) is 0.104. The van der Waals surface area contributed by atoms with E-state index in [0.717, 1.165) is 5.56 Å². The topological polar surface area (TPSA) is 107 Å². The highest BCUT2D eigenvalue weighted by Gasteiger charge is 2.46. The zero-order valence-electron chi connectivity index (χ0n) is 22.9. The van der Waals surface area contributed by atoms with Crippen LogP contribution in [0.5, 0.6) is 5.75 Å². The van der Waals surface area contributed by atoms with Gasteiger partial charge in [0.15, 0.2) is 0 Å². The monoisotopic (exact) mass is 545 g/mol. The molecule has 3 atom stereocenters. The number of alkyl carbamates (subject to hydrolysis) is 1. The molecule has 0 saturated carbocycles. The molecule has 1 aliphatic heterocycles. The van der Waals surface area contributed by atoms with E-state index in [-0.39, 0.29) is 18.1 Å². The first-order valence-corrected chi connectivity index (χ1v) is 12.8. The molecule has 2 amide bonds. The van der Waals surface area contributed by atoms with Crippen molar-refractivity contribution < 1.29 is 28.6 Å². The molecule has 9 nitrogen and oxygen atoms in total. The van der Waals surface area contributed by atoms with Gasteiger partial charge in [-0.2, -0.15) is 0 Å². The van der Waals surface area contributed by atoms with Crippen LogP contribution >= 0.6 is 11.6 Å². The average molecular weight is 546 g/mol. The maximum absolute atomic E-state index is 13.8. The van der Waals surface area contributed by atoms with Crippen LogP contribution < -0.4 is 10.1 Å². The van der Waals surface area contributed by atoms with Crippen molar-refractivity contribution in [2.75, 3.05) is 13.7 Å². The van der Waals surface area contributed by atoms with Gasteiger partial charge in [0.05, 0.1) is 19.3 Å². The molecule has 0 aliphatic carbocycles. The summed E-state index contributed by atoms with van der Waals surface area (Å²) in [7, 11) is 1.27. The number of pyridine rings is 1. The van der Waals surface area contributed by atoms with Crippen molar-refractivity contribution in [2.45, 2.75) is 71.8 Å². The minimum atomic E-state index is -0.955. The second-order valence-electron chi connectivity index (χ2n) is 11.3. The van der Waals surface area contributed by atoms with Crippen molar-refractivity contribution in [3.05, 3.63) is 47.6 Å². The van der Waals surface area contributed by atoms with Crippen LogP contribution in [-0.4, -0.2) is 65.3 Å². The van der Waals surface area contributed by atoms with Gasteiger partial charge in [-0.3, -0.25) is 4.79 Å². The number of methoxy groups -OCH3 is 1. The van der Waals surface area contributed by atoms with E-state index < -0.39 is 47.2 Å². The molecule has 1 aliphatic rings. The normalized spacial score (nSPS) is 18.5. The molecule has 1 unspecified atom stereocenters. The first kappa shape index (κ1) is 29.2. The Morgan fingerprint density at radius 2 is 1.74 bits per heavy atom. The molecule has 206 valence electrons. The summed E-state index contributed by atoms with van der Waals surface area (Å²) in [4.78, 5) is 44.8. The van der Waals surface area contributed by atoms with Gasteiger partial charge in [-0.15, -0.1) is 0 Å². The van der Waals surface area contributed by atoms with E-state index in [1.165, 1.54) is 12.0 Å². The van der Waals surface area contributed by atoms with Gasteiger partial charge >= 0.3 is 12.1 Å². The van der Waals surface area contributed by atoms with Gasteiger partial charge in [-0.25, -0.2) is 14.6 Å². The van der Waals surface area contributed by atoms with Gasteiger partial charge in [0.25, 0.3) is 0 Å². The van der Waals surface area contributed by atoms with Crippen molar-refractivity contribution in [1.82, 2.24) is 15.2 Å². The Morgan fingerprint density at radius 3 is 2.32 bits per heavy atom. The molecule has 10 heteroatoms. The van der Waals surface area contributed by atoms with E-state index in [1.807, 2.05) is 51.1 Å². The van der Waals surface area contributed by atoms with E-state index in [2.05, 4.69) is 10.3 Å². The van der Waals surface area contributed by atoms with E-state index in [0.29, 0.717) is 11.4 Å². The Bertz CT molecular complexity index is 1160. The van der Waals surface area contributed by atoms with Crippen molar-refractivity contribution in [1.29, 1.82) is 0 Å². The quantitative estimate of drug-likeness (QED) is 0.408. The van der Waals surface area contributed by atoms with Gasteiger partial charge in [-0.05, 0) is 26.2 Å². The molecule has 0 bridgehead atoms. The zero-order valence-corrected chi connectivity index (χ0v) is 23.7. The molecule has 38 heavy (non-hydrogen) atoms. The summed E-state index contributed by atoms with van der Waals surface area (Å²) in [6.07, 6.45) is -1.03.